The molecule has 1 aromatic carbocycles. The number of allylic oxidation sites excluding steroid dienone is 2. The van der Waals surface area contributed by atoms with Gasteiger partial charge in [0.15, 0.2) is 17.8 Å². The Labute approximate surface area is 469 Å². The van der Waals surface area contributed by atoms with Crippen LogP contribution in [0, 0.1) is 35.5 Å². The van der Waals surface area contributed by atoms with Crippen molar-refractivity contribution in [2.24, 2.45) is 35.5 Å². The zero-order valence-corrected chi connectivity index (χ0v) is 48.6. The van der Waals surface area contributed by atoms with Crippen LogP contribution in [0.15, 0.2) is 60.2 Å². The lowest BCUT2D eigenvalue weighted by atomic mass is 9.91. The summed E-state index contributed by atoms with van der Waals surface area (Å²) in [5, 5.41) is 20.1. The predicted octanol–water partition coefficient (Wildman–Crippen LogP) is 3.54. The maximum absolute atomic E-state index is 15.0. The van der Waals surface area contributed by atoms with Gasteiger partial charge >= 0.3 is 17.9 Å². The number of nitrogens with zero attached hydrogens (tertiary/aromatic N) is 3. The van der Waals surface area contributed by atoms with Gasteiger partial charge in [-0.25, -0.2) is 4.79 Å². The molecule has 1 aliphatic carbocycles. The second-order valence-corrected chi connectivity index (χ2v) is 22.8. The highest BCUT2D eigenvalue weighted by atomic mass is 16.6. The molecule has 0 aromatic heterocycles. The molecular formula is C59H84N6O15. The van der Waals surface area contributed by atoms with Gasteiger partial charge in [0, 0.05) is 27.1 Å². The molecule has 0 saturated carbocycles. The number of Topliss-reactive ketones (excluding diaryl/α,β-unsaturated/α-hetero) is 1. The van der Waals surface area contributed by atoms with Crippen LogP contribution in [0.3, 0.4) is 0 Å². The third-order valence-electron chi connectivity index (χ3n) is 15.4. The molecule has 2 fully saturated rings. The van der Waals surface area contributed by atoms with E-state index in [9.17, 15) is 48.3 Å². The molecule has 0 radical (unpaired) electrons. The fourth-order valence-electron chi connectivity index (χ4n) is 10.4. The van der Waals surface area contributed by atoms with E-state index in [1.54, 1.807) is 76.3 Å². The highest BCUT2D eigenvalue weighted by molar-refractivity contribution is 6.05. The molecule has 80 heavy (non-hydrogen) atoms. The number of carbonyl (C=O) groups is 10. The van der Waals surface area contributed by atoms with Gasteiger partial charge in [-0.3, -0.25) is 43.2 Å². The molecule has 4 aliphatic rings. The Morgan fingerprint density at radius 1 is 0.875 bits per heavy atom. The molecule has 6 amide bonds. The van der Waals surface area contributed by atoms with Gasteiger partial charge in [0.05, 0.1) is 31.6 Å². The summed E-state index contributed by atoms with van der Waals surface area (Å²) in [6, 6.07) is -1.29. The highest BCUT2D eigenvalue weighted by Gasteiger charge is 2.46. The quantitative estimate of drug-likeness (QED) is 0.118. The molecular weight excluding hydrogens is 1030 g/mol. The summed E-state index contributed by atoms with van der Waals surface area (Å²) in [6.07, 6.45) is 3.20. The Balaban J connectivity index is 1.62. The summed E-state index contributed by atoms with van der Waals surface area (Å²) in [4.78, 5) is 148. The highest BCUT2D eigenvalue weighted by Crippen LogP contribution is 2.29. The molecule has 440 valence electrons. The average Bonchev–Trinajstić information content (AvgIpc) is 3.91. The van der Waals surface area contributed by atoms with Crippen LogP contribution in [0.1, 0.15) is 113 Å². The summed E-state index contributed by atoms with van der Waals surface area (Å²) in [6.45, 7) is 16.9. The third kappa shape index (κ3) is 15.9. The number of nitrogens with one attached hydrogen (secondary N) is 3. The van der Waals surface area contributed by atoms with Crippen molar-refractivity contribution >= 4 is 59.1 Å². The van der Waals surface area contributed by atoms with Crippen molar-refractivity contribution < 1.29 is 72.0 Å². The number of ether oxygens (including phenoxy) is 4. The Morgan fingerprint density at radius 2 is 1.55 bits per heavy atom. The third-order valence-corrected chi connectivity index (χ3v) is 15.4. The van der Waals surface area contributed by atoms with Crippen molar-refractivity contribution in [3.8, 4) is 5.75 Å². The maximum atomic E-state index is 15.0. The smallest absolute Gasteiger partial charge is 0.329 e. The van der Waals surface area contributed by atoms with Crippen LogP contribution in [0.2, 0.25) is 0 Å². The number of likely N-dealkylation sites (N-methyl/N-ethyl adjacent to an activating group) is 2. The Hall–Kier alpha value is -6.90. The number of fused-ring (bicyclic) bond motifs is 2. The van der Waals surface area contributed by atoms with E-state index < -0.39 is 150 Å². The normalized spacial score (nSPS) is 28.5. The van der Waals surface area contributed by atoms with E-state index in [1.165, 1.54) is 50.9 Å². The van der Waals surface area contributed by atoms with E-state index in [-0.39, 0.29) is 44.1 Å². The number of hydrogen-bond donors (Lipinski definition) is 4. The lowest BCUT2D eigenvalue weighted by molar-refractivity contribution is -0.163. The summed E-state index contributed by atoms with van der Waals surface area (Å²) in [5.74, 6) is -12.1. The van der Waals surface area contributed by atoms with Crippen LogP contribution in [0.25, 0.3) is 0 Å². The summed E-state index contributed by atoms with van der Waals surface area (Å²) in [5.41, 5.74) is 1.14. The minimum absolute atomic E-state index is 0.0368. The molecule has 4 N–H and O–H groups in total. The number of esters is 3. The van der Waals surface area contributed by atoms with Crippen LogP contribution in [0.5, 0.6) is 5.75 Å². The van der Waals surface area contributed by atoms with Gasteiger partial charge in [0.1, 0.15) is 48.2 Å². The van der Waals surface area contributed by atoms with Gasteiger partial charge in [-0.05, 0) is 92.5 Å². The van der Waals surface area contributed by atoms with Crippen LogP contribution in [0.4, 0.5) is 0 Å². The van der Waals surface area contributed by atoms with Crippen LogP contribution in [-0.4, -0.2) is 167 Å². The molecule has 21 heteroatoms. The minimum Gasteiger partial charge on any atom is -0.497 e. The van der Waals surface area contributed by atoms with Gasteiger partial charge in [-0.1, -0.05) is 98.2 Å². The lowest BCUT2D eigenvalue weighted by Crippen LogP contribution is -2.62. The van der Waals surface area contributed by atoms with E-state index in [4.69, 9.17) is 18.9 Å². The lowest BCUT2D eigenvalue weighted by Gasteiger charge is -2.36. The van der Waals surface area contributed by atoms with E-state index >= 15 is 4.79 Å². The topological polar surface area (TPSA) is 274 Å². The number of hydrogen-bond acceptors (Lipinski definition) is 15. The number of methoxy groups -OCH3 is 1. The molecule has 3 heterocycles. The van der Waals surface area contributed by atoms with Gasteiger partial charge in [0.25, 0.3) is 0 Å². The van der Waals surface area contributed by atoms with E-state index in [0.717, 1.165) is 4.90 Å². The number of aliphatic hydroxyl groups is 1. The molecule has 2 saturated heterocycles. The number of benzene rings is 1. The Kier molecular flexibility index (Phi) is 22.8. The molecule has 2 unspecified atom stereocenters. The van der Waals surface area contributed by atoms with Gasteiger partial charge in [0.2, 0.25) is 35.4 Å². The number of ketones is 1. The first-order chi connectivity index (χ1) is 37.7. The van der Waals surface area contributed by atoms with Gasteiger partial charge < -0.3 is 54.7 Å². The zero-order chi connectivity index (χ0) is 59.4. The number of amides is 6. The standard InChI is InChI=1S/C59H84N6O15/c1-14-34(8)48-45(66)30-47(67)80-51(33(6)7)50(68)35(9)52(69)60-41(26-31(2)3)56(73)65-25-17-19-42(65)57(74)64(12)44(28-37-21-23-39(77-13)24-22-37)59(76)78-36(10)49(54(71)61-48)62-53(70)43(27-32(4)5)63(11)55(72)40-29-38-18-15-16-20-46(38)79-58(40)75/h15-16,18,20-24,29,31-36,40-46,48-49,51,66H,14,17,19,25-28,30H2,1-13H3,(H,60,69)(H,61,71)(H,62,70)/t34-,35-,36+,40?,41-,42-,43+,44-,45-,46?,48+,49-,51-/m0/s1. The molecule has 0 spiro atoms. The number of cyclic esters (lactones) is 2. The Bertz CT molecular complexity index is 2540. The molecule has 3 aliphatic heterocycles. The monoisotopic (exact) mass is 1120 g/mol. The van der Waals surface area contributed by atoms with Crippen LogP contribution < -0.4 is 20.7 Å². The first-order valence-electron chi connectivity index (χ1n) is 28.0. The zero-order valence-electron chi connectivity index (χ0n) is 48.6. The van der Waals surface area contributed by atoms with Crippen molar-refractivity contribution in [2.45, 2.75) is 175 Å². The van der Waals surface area contributed by atoms with Gasteiger partial charge in [-0.2, -0.15) is 0 Å². The molecule has 21 nitrogen and oxygen atoms in total. The summed E-state index contributed by atoms with van der Waals surface area (Å²) >= 11 is 0. The maximum Gasteiger partial charge on any atom is 0.329 e. The fraction of sp³-hybridized carbons (Fsp3) is 0.627. The first kappa shape index (κ1) is 63.9. The van der Waals surface area contributed by atoms with E-state index in [0.29, 0.717) is 29.7 Å². The molecule has 13 atom stereocenters. The van der Waals surface area contributed by atoms with E-state index in [2.05, 4.69) is 16.0 Å². The molecule has 5 rings (SSSR count). The summed E-state index contributed by atoms with van der Waals surface area (Å²) in [7, 11) is 4.24. The fourth-order valence-corrected chi connectivity index (χ4v) is 10.4. The van der Waals surface area contributed by atoms with Crippen molar-refractivity contribution in [3.63, 3.8) is 0 Å². The second-order valence-electron chi connectivity index (χ2n) is 22.8. The summed E-state index contributed by atoms with van der Waals surface area (Å²) < 4.78 is 22.8. The van der Waals surface area contributed by atoms with Gasteiger partial charge in [-0.15, -0.1) is 0 Å². The van der Waals surface area contributed by atoms with E-state index in [1.807, 2.05) is 27.7 Å². The number of rotatable bonds is 14. The van der Waals surface area contributed by atoms with Crippen molar-refractivity contribution in [1.29, 1.82) is 0 Å². The largest absolute Gasteiger partial charge is 0.497 e. The number of aliphatic hydroxyl groups excluding tert-OH is 1. The van der Waals surface area contributed by atoms with Crippen LogP contribution >= 0.6 is 0 Å². The average molecular weight is 1120 g/mol. The Morgan fingerprint density at radius 3 is 2.16 bits per heavy atom. The second kappa shape index (κ2) is 28.5. The SMILES string of the molecule is CC[C@H](C)[C@H]1NC(=O)[C@@H](NC(=O)[C@@H](CC(C)C)N(C)C(=O)C2C=C3C=CC=CC3OC2=O)[C@@H](C)OC(=O)[C@H](Cc2ccc(OC)cc2)N(C)C(=O)[C@@H]2CCCN2C(=O)[C@H](CC(C)C)NC(=O)[C@@H](C)C(=O)[C@H](C(C)C)OC(=O)C[C@@H]1O. The predicted molar refractivity (Wildman–Crippen MR) is 294 cm³/mol. The van der Waals surface area contributed by atoms with Crippen LogP contribution in [-0.2, 0) is 68.6 Å². The number of carbonyl (C=O) groups excluding carboxylic acids is 10. The molecule has 1 aromatic rings. The van der Waals surface area contributed by atoms with Crippen molar-refractivity contribution in [1.82, 2.24) is 30.7 Å². The molecule has 0 bridgehead atoms. The minimum atomic E-state index is -1.78. The van der Waals surface area contributed by atoms with Crippen molar-refractivity contribution in [3.05, 3.63) is 65.8 Å². The van der Waals surface area contributed by atoms with Crippen molar-refractivity contribution in [2.75, 3.05) is 27.7 Å². The first-order valence-corrected chi connectivity index (χ1v) is 28.0.